The Morgan fingerprint density at radius 1 is 1.59 bits per heavy atom. The van der Waals surface area contributed by atoms with Crippen LogP contribution in [0.25, 0.3) is 0 Å². The summed E-state index contributed by atoms with van der Waals surface area (Å²) in [4.78, 5) is 16.2. The molecule has 2 rings (SSSR count). The Morgan fingerprint density at radius 2 is 2.41 bits per heavy atom. The summed E-state index contributed by atoms with van der Waals surface area (Å²) >= 11 is 7.15. The molecule has 5 nitrogen and oxygen atoms in total. The fraction of sp³-hybridized carbons (Fsp3) is 0.214. The van der Waals surface area contributed by atoms with Gasteiger partial charge in [0.05, 0.1) is 24.3 Å². The van der Waals surface area contributed by atoms with Gasteiger partial charge in [0.1, 0.15) is 5.82 Å². The molecule has 0 bridgehead atoms. The Hall–Kier alpha value is -1.99. The van der Waals surface area contributed by atoms with Crippen molar-refractivity contribution in [3.8, 4) is 0 Å². The van der Waals surface area contributed by atoms with E-state index in [0.717, 1.165) is 4.88 Å². The van der Waals surface area contributed by atoms with Gasteiger partial charge in [-0.25, -0.2) is 9.37 Å². The lowest BCUT2D eigenvalue weighted by Crippen LogP contribution is -2.06. The second-order valence-corrected chi connectivity index (χ2v) is 5.64. The molecule has 0 unspecified atom stereocenters. The minimum atomic E-state index is -0.458. The van der Waals surface area contributed by atoms with Gasteiger partial charge in [0.2, 0.25) is 5.13 Å². The number of benzene rings is 1. The van der Waals surface area contributed by atoms with Gasteiger partial charge in [-0.1, -0.05) is 29.0 Å². The number of nitrogens with zero attached hydrogens (tertiary/aromatic N) is 2. The molecule has 1 heterocycles. The maximum absolute atomic E-state index is 13.5. The van der Waals surface area contributed by atoms with Gasteiger partial charge in [0.15, 0.2) is 0 Å². The van der Waals surface area contributed by atoms with E-state index in [1.165, 1.54) is 29.7 Å². The van der Waals surface area contributed by atoms with Gasteiger partial charge in [-0.15, -0.1) is 0 Å². The number of nitrogens with one attached hydrogen (secondary N) is 1. The van der Waals surface area contributed by atoms with E-state index < -0.39 is 5.82 Å². The van der Waals surface area contributed by atoms with Gasteiger partial charge in [-0.2, -0.15) is 5.10 Å². The molecule has 0 radical (unpaired) electrons. The number of carbonyl (C=O) groups excluding carboxylic acids is 1. The Bertz CT molecular complexity index is 670. The number of aromatic nitrogens is 1. The van der Waals surface area contributed by atoms with Crippen LogP contribution in [-0.4, -0.2) is 23.8 Å². The van der Waals surface area contributed by atoms with Crippen molar-refractivity contribution in [3.63, 3.8) is 0 Å². The van der Waals surface area contributed by atoms with Crippen LogP contribution in [0.2, 0.25) is 5.02 Å². The Morgan fingerprint density at radius 3 is 3.14 bits per heavy atom. The van der Waals surface area contributed by atoms with Crippen molar-refractivity contribution >= 4 is 40.3 Å². The third-order valence-electron chi connectivity index (χ3n) is 2.53. The van der Waals surface area contributed by atoms with Crippen LogP contribution >= 0.6 is 22.9 Å². The topological polar surface area (TPSA) is 63.6 Å². The minimum absolute atomic E-state index is 0.163. The molecule has 1 N–H and O–H groups in total. The highest BCUT2D eigenvalue weighted by Gasteiger charge is 2.08. The van der Waals surface area contributed by atoms with Crippen molar-refractivity contribution in [1.82, 2.24) is 4.98 Å². The van der Waals surface area contributed by atoms with Crippen LogP contribution in [0.1, 0.15) is 17.4 Å². The molecule has 2 aromatic rings. The van der Waals surface area contributed by atoms with E-state index in [9.17, 15) is 9.18 Å². The molecule has 0 spiro atoms. The number of rotatable bonds is 6. The maximum Gasteiger partial charge on any atom is 0.311 e. The van der Waals surface area contributed by atoms with Crippen LogP contribution in [0, 0.1) is 5.82 Å². The zero-order valence-electron chi connectivity index (χ0n) is 11.7. The molecule has 0 aliphatic rings. The maximum atomic E-state index is 13.5. The van der Waals surface area contributed by atoms with Gasteiger partial charge in [0.25, 0.3) is 0 Å². The predicted octanol–water partition coefficient (Wildman–Crippen LogP) is 3.49. The largest absolute Gasteiger partial charge is 0.466 e. The zero-order valence-corrected chi connectivity index (χ0v) is 13.2. The molecule has 0 aliphatic carbocycles. The number of hydrogen-bond donors (Lipinski definition) is 1. The first-order chi connectivity index (χ1) is 10.6. The number of hydrazone groups is 1. The first-order valence-corrected chi connectivity index (χ1v) is 7.63. The lowest BCUT2D eigenvalue weighted by Gasteiger charge is -1.99. The molecule has 22 heavy (non-hydrogen) atoms. The fourth-order valence-corrected chi connectivity index (χ4v) is 2.54. The normalized spacial score (nSPS) is 10.9. The van der Waals surface area contributed by atoms with Crippen LogP contribution in [-0.2, 0) is 16.0 Å². The average Bonchev–Trinajstić information content (AvgIpc) is 2.90. The van der Waals surface area contributed by atoms with Crippen molar-refractivity contribution in [2.75, 3.05) is 12.0 Å². The number of anilines is 1. The molecule has 0 fully saturated rings. The third-order valence-corrected chi connectivity index (χ3v) is 3.76. The summed E-state index contributed by atoms with van der Waals surface area (Å²) in [5.74, 6) is -0.764. The molecule has 0 atom stereocenters. The molecule has 116 valence electrons. The monoisotopic (exact) mass is 341 g/mol. The SMILES string of the molecule is CCOC(=O)Cc1cnc(N/N=C/c2c(F)cccc2Cl)s1. The number of hydrogen-bond acceptors (Lipinski definition) is 6. The summed E-state index contributed by atoms with van der Waals surface area (Å²) in [5, 5.41) is 4.65. The van der Waals surface area contributed by atoms with E-state index >= 15 is 0 Å². The van der Waals surface area contributed by atoms with Crippen molar-refractivity contribution in [2.24, 2.45) is 5.10 Å². The lowest BCUT2D eigenvalue weighted by molar-refractivity contribution is -0.142. The van der Waals surface area contributed by atoms with Gasteiger partial charge in [-0.3, -0.25) is 10.2 Å². The van der Waals surface area contributed by atoms with Gasteiger partial charge in [-0.05, 0) is 19.1 Å². The molecule has 1 aromatic heterocycles. The van der Waals surface area contributed by atoms with Crippen molar-refractivity contribution < 1.29 is 13.9 Å². The van der Waals surface area contributed by atoms with Gasteiger partial charge >= 0.3 is 5.97 Å². The molecule has 0 aliphatic heterocycles. The fourth-order valence-electron chi connectivity index (χ4n) is 1.58. The van der Waals surface area contributed by atoms with Gasteiger partial charge in [0, 0.05) is 16.6 Å². The summed E-state index contributed by atoms with van der Waals surface area (Å²) in [5.41, 5.74) is 2.87. The Kier molecular flexibility index (Phi) is 5.85. The standard InChI is InChI=1S/C14H13ClFN3O2S/c1-2-21-13(20)6-9-7-17-14(22-9)19-18-8-10-11(15)4-3-5-12(10)16/h3-5,7-8H,2,6H2,1H3,(H,17,19)/b18-8+. The number of halogens is 2. The van der Waals surface area contributed by atoms with Gasteiger partial charge < -0.3 is 4.74 Å². The summed E-state index contributed by atoms with van der Waals surface area (Å²) < 4.78 is 18.4. The Labute approximate surface area is 135 Å². The van der Waals surface area contributed by atoms with Crippen molar-refractivity contribution in [3.05, 3.63) is 45.7 Å². The summed E-state index contributed by atoms with van der Waals surface area (Å²) in [7, 11) is 0. The highest BCUT2D eigenvalue weighted by Crippen LogP contribution is 2.20. The quantitative estimate of drug-likeness (QED) is 0.496. The van der Waals surface area contributed by atoms with E-state index in [1.54, 1.807) is 19.2 Å². The van der Waals surface area contributed by atoms with Crippen molar-refractivity contribution in [1.29, 1.82) is 0 Å². The number of esters is 1. The number of thiazole rings is 1. The van der Waals surface area contributed by atoms with E-state index in [2.05, 4.69) is 15.5 Å². The number of carbonyl (C=O) groups is 1. The molecule has 1 aromatic carbocycles. The van der Waals surface area contributed by atoms with Crippen molar-refractivity contribution in [2.45, 2.75) is 13.3 Å². The summed E-state index contributed by atoms with van der Waals surface area (Å²) in [6.07, 6.45) is 3.01. The first-order valence-electron chi connectivity index (χ1n) is 6.43. The molecule has 8 heteroatoms. The van der Waals surface area contributed by atoms with Crippen LogP contribution in [0.4, 0.5) is 9.52 Å². The lowest BCUT2D eigenvalue weighted by atomic mass is 10.2. The molecule has 0 saturated carbocycles. The van der Waals surface area contributed by atoms with Crippen LogP contribution < -0.4 is 5.43 Å². The Balaban J connectivity index is 1.96. The zero-order chi connectivity index (χ0) is 15.9. The van der Waals surface area contributed by atoms with E-state index in [1.807, 2.05) is 0 Å². The highest BCUT2D eigenvalue weighted by atomic mass is 35.5. The van der Waals surface area contributed by atoms with E-state index in [0.29, 0.717) is 11.7 Å². The average molecular weight is 342 g/mol. The van der Waals surface area contributed by atoms with E-state index in [4.69, 9.17) is 16.3 Å². The van der Waals surface area contributed by atoms with Crippen LogP contribution in [0.15, 0.2) is 29.5 Å². The predicted molar refractivity (Wildman–Crippen MR) is 85.1 cm³/mol. The van der Waals surface area contributed by atoms with E-state index in [-0.39, 0.29) is 23.0 Å². The third kappa shape index (κ3) is 4.51. The molecule has 0 amide bonds. The summed E-state index contributed by atoms with van der Waals surface area (Å²) in [6.45, 7) is 2.09. The highest BCUT2D eigenvalue weighted by molar-refractivity contribution is 7.15. The number of ether oxygens (including phenoxy) is 1. The second-order valence-electron chi connectivity index (χ2n) is 4.12. The first kappa shape index (κ1) is 16.4. The van der Waals surface area contributed by atoms with Crippen LogP contribution in [0.3, 0.4) is 0 Å². The smallest absolute Gasteiger partial charge is 0.311 e. The minimum Gasteiger partial charge on any atom is -0.466 e. The van der Waals surface area contributed by atoms with Crippen LogP contribution in [0.5, 0.6) is 0 Å². The summed E-state index contributed by atoms with van der Waals surface area (Å²) in [6, 6.07) is 4.39. The molecule has 0 saturated heterocycles. The molecular weight excluding hydrogens is 329 g/mol. The second kappa shape index (κ2) is 7.86. The molecular formula is C14H13ClFN3O2S.